The first-order valence-electron chi connectivity index (χ1n) is 8.61. The minimum absolute atomic E-state index is 0. The van der Waals surface area contributed by atoms with Gasteiger partial charge in [-0.05, 0) is 31.4 Å². The highest BCUT2D eigenvalue weighted by atomic mass is 127. The number of guanidine groups is 1. The molecule has 136 valence electrons. The van der Waals surface area contributed by atoms with Gasteiger partial charge in [-0.3, -0.25) is 9.89 Å². The maximum atomic E-state index is 4.46. The summed E-state index contributed by atoms with van der Waals surface area (Å²) in [4.78, 5) is 9.22. The first kappa shape index (κ1) is 21.2. The first-order valence-corrected chi connectivity index (χ1v) is 8.61. The van der Waals surface area contributed by atoms with Crippen LogP contribution in [0.1, 0.15) is 32.8 Å². The van der Waals surface area contributed by atoms with Crippen molar-refractivity contribution >= 4 is 29.9 Å². The Kier molecular flexibility index (Phi) is 8.50. The highest BCUT2D eigenvalue weighted by Crippen LogP contribution is 2.28. The van der Waals surface area contributed by atoms with Crippen molar-refractivity contribution < 1.29 is 0 Å². The van der Waals surface area contributed by atoms with Crippen LogP contribution in [0.25, 0.3) is 0 Å². The van der Waals surface area contributed by atoms with Crippen molar-refractivity contribution in [2.45, 2.75) is 39.8 Å². The molecule has 1 aromatic carbocycles. The summed E-state index contributed by atoms with van der Waals surface area (Å²) in [5.74, 6) is 1.04. The topological polar surface area (TPSA) is 30.9 Å². The van der Waals surface area contributed by atoms with E-state index in [4.69, 9.17) is 0 Å². The fraction of sp³-hybridized carbons (Fsp3) is 0.632. The van der Waals surface area contributed by atoms with E-state index < -0.39 is 0 Å². The van der Waals surface area contributed by atoms with Crippen LogP contribution in [-0.2, 0) is 6.54 Å². The van der Waals surface area contributed by atoms with Gasteiger partial charge in [-0.25, -0.2) is 0 Å². The zero-order chi connectivity index (χ0) is 16.9. The average Bonchev–Trinajstić information content (AvgIpc) is 2.88. The molecule has 0 spiro atoms. The molecular formula is C19H33IN4. The standard InChI is InChI=1S/C19H32N4.HI/c1-16(22(5)14-17-9-7-6-8-10-17)13-21-18(20-4)23-12-11-19(2,3)15-23;/h6-10,16H,11-15H2,1-5H3,(H,20,21);1H. The highest BCUT2D eigenvalue weighted by Gasteiger charge is 2.30. The average molecular weight is 444 g/mol. The largest absolute Gasteiger partial charge is 0.355 e. The molecule has 0 radical (unpaired) electrons. The van der Waals surface area contributed by atoms with E-state index in [-0.39, 0.29) is 24.0 Å². The third kappa shape index (κ3) is 6.24. The van der Waals surface area contributed by atoms with Gasteiger partial charge in [-0.1, -0.05) is 44.2 Å². The van der Waals surface area contributed by atoms with Gasteiger partial charge in [-0.2, -0.15) is 0 Å². The van der Waals surface area contributed by atoms with Gasteiger partial charge in [0.1, 0.15) is 0 Å². The number of halogens is 1. The van der Waals surface area contributed by atoms with Crippen molar-refractivity contribution in [3.63, 3.8) is 0 Å². The summed E-state index contributed by atoms with van der Waals surface area (Å²) in [6, 6.07) is 11.1. The number of aliphatic imine (C=N–C) groups is 1. The van der Waals surface area contributed by atoms with Gasteiger partial charge in [0.15, 0.2) is 5.96 Å². The molecule has 0 bridgehead atoms. The Morgan fingerprint density at radius 3 is 2.54 bits per heavy atom. The summed E-state index contributed by atoms with van der Waals surface area (Å²) < 4.78 is 0. The normalized spacial score (nSPS) is 18.4. The van der Waals surface area contributed by atoms with Crippen molar-refractivity contribution in [1.82, 2.24) is 15.1 Å². The fourth-order valence-electron chi connectivity index (χ4n) is 3.05. The Bertz CT molecular complexity index is 515. The summed E-state index contributed by atoms with van der Waals surface area (Å²) in [6.07, 6.45) is 1.23. The molecule has 5 heteroatoms. The van der Waals surface area contributed by atoms with E-state index in [9.17, 15) is 0 Å². The van der Waals surface area contributed by atoms with Crippen LogP contribution in [0.15, 0.2) is 35.3 Å². The van der Waals surface area contributed by atoms with E-state index in [1.807, 2.05) is 7.05 Å². The van der Waals surface area contributed by atoms with Gasteiger partial charge in [0.05, 0.1) is 0 Å². The molecule has 1 aliphatic rings. The SMILES string of the molecule is CN=C(NCC(C)N(C)Cc1ccccc1)N1CCC(C)(C)C1.I. The Morgan fingerprint density at radius 1 is 1.33 bits per heavy atom. The minimum atomic E-state index is 0. The number of benzene rings is 1. The van der Waals surface area contributed by atoms with E-state index in [0.29, 0.717) is 11.5 Å². The van der Waals surface area contributed by atoms with Gasteiger partial charge in [-0.15, -0.1) is 24.0 Å². The van der Waals surface area contributed by atoms with Crippen LogP contribution < -0.4 is 5.32 Å². The van der Waals surface area contributed by atoms with E-state index in [2.05, 4.69) is 78.3 Å². The molecule has 1 fully saturated rings. The molecule has 2 rings (SSSR count). The number of nitrogens with zero attached hydrogens (tertiary/aromatic N) is 3. The van der Waals surface area contributed by atoms with Gasteiger partial charge >= 0.3 is 0 Å². The maximum Gasteiger partial charge on any atom is 0.193 e. The molecular weight excluding hydrogens is 411 g/mol. The summed E-state index contributed by atoms with van der Waals surface area (Å²) in [7, 11) is 4.06. The van der Waals surface area contributed by atoms with Gasteiger partial charge < -0.3 is 10.2 Å². The van der Waals surface area contributed by atoms with Crippen LogP contribution >= 0.6 is 24.0 Å². The van der Waals surface area contributed by atoms with Gasteiger partial charge in [0.25, 0.3) is 0 Å². The molecule has 1 N–H and O–H groups in total. The second-order valence-corrected chi connectivity index (χ2v) is 7.51. The van der Waals surface area contributed by atoms with Crippen molar-refractivity contribution in [2.24, 2.45) is 10.4 Å². The minimum Gasteiger partial charge on any atom is -0.355 e. The number of hydrogen-bond donors (Lipinski definition) is 1. The van der Waals surface area contributed by atoms with Crippen LogP contribution in [-0.4, -0.2) is 55.5 Å². The smallest absolute Gasteiger partial charge is 0.193 e. The van der Waals surface area contributed by atoms with Crippen molar-refractivity contribution in [1.29, 1.82) is 0 Å². The van der Waals surface area contributed by atoms with Crippen molar-refractivity contribution in [3.05, 3.63) is 35.9 Å². The lowest BCUT2D eigenvalue weighted by molar-refractivity contribution is 0.247. The van der Waals surface area contributed by atoms with E-state index >= 15 is 0 Å². The van der Waals surface area contributed by atoms with Crippen LogP contribution in [0.3, 0.4) is 0 Å². The molecule has 1 atom stereocenters. The lowest BCUT2D eigenvalue weighted by Crippen LogP contribution is -2.46. The van der Waals surface area contributed by atoms with E-state index in [1.54, 1.807) is 0 Å². The molecule has 1 saturated heterocycles. The van der Waals surface area contributed by atoms with Gasteiger partial charge in [0, 0.05) is 39.3 Å². The van der Waals surface area contributed by atoms with Crippen LogP contribution in [0.5, 0.6) is 0 Å². The first-order chi connectivity index (χ1) is 10.9. The number of likely N-dealkylation sites (N-methyl/N-ethyl adjacent to an activating group) is 1. The Labute approximate surface area is 164 Å². The second-order valence-electron chi connectivity index (χ2n) is 7.51. The molecule has 1 heterocycles. The molecule has 1 aromatic rings. The van der Waals surface area contributed by atoms with Crippen LogP contribution in [0.2, 0.25) is 0 Å². The zero-order valence-corrected chi connectivity index (χ0v) is 18.1. The highest BCUT2D eigenvalue weighted by molar-refractivity contribution is 14.0. The van der Waals surface area contributed by atoms with Crippen LogP contribution in [0.4, 0.5) is 0 Å². The summed E-state index contributed by atoms with van der Waals surface area (Å²) in [5, 5.41) is 3.55. The zero-order valence-electron chi connectivity index (χ0n) is 15.7. The molecule has 0 aromatic heterocycles. The molecule has 0 aliphatic carbocycles. The summed E-state index contributed by atoms with van der Waals surface area (Å²) >= 11 is 0. The summed E-state index contributed by atoms with van der Waals surface area (Å²) in [5.41, 5.74) is 1.75. The van der Waals surface area contributed by atoms with E-state index in [1.165, 1.54) is 12.0 Å². The fourth-order valence-corrected chi connectivity index (χ4v) is 3.05. The number of rotatable bonds is 5. The predicted molar refractivity (Wildman–Crippen MR) is 114 cm³/mol. The Morgan fingerprint density at radius 2 is 2.00 bits per heavy atom. The van der Waals surface area contributed by atoms with Crippen molar-refractivity contribution in [2.75, 3.05) is 33.7 Å². The Balaban J connectivity index is 0.00000288. The summed E-state index contributed by atoms with van der Waals surface area (Å²) in [6.45, 7) is 11.0. The molecule has 1 unspecified atom stereocenters. The predicted octanol–water partition coefficient (Wildman–Crippen LogP) is 3.43. The monoisotopic (exact) mass is 444 g/mol. The molecule has 0 saturated carbocycles. The van der Waals surface area contributed by atoms with Crippen molar-refractivity contribution in [3.8, 4) is 0 Å². The molecule has 24 heavy (non-hydrogen) atoms. The van der Waals surface area contributed by atoms with Gasteiger partial charge in [0.2, 0.25) is 0 Å². The molecule has 1 aliphatic heterocycles. The quantitative estimate of drug-likeness (QED) is 0.429. The number of hydrogen-bond acceptors (Lipinski definition) is 2. The lowest BCUT2D eigenvalue weighted by Gasteiger charge is -2.28. The second kappa shape index (κ2) is 9.61. The van der Waals surface area contributed by atoms with E-state index in [0.717, 1.165) is 32.1 Å². The molecule has 4 nitrogen and oxygen atoms in total. The third-order valence-corrected chi connectivity index (χ3v) is 4.77. The molecule has 0 amide bonds. The lowest BCUT2D eigenvalue weighted by atomic mass is 9.93. The third-order valence-electron chi connectivity index (χ3n) is 4.77. The number of likely N-dealkylation sites (tertiary alicyclic amines) is 1. The van der Waals surface area contributed by atoms with Crippen LogP contribution in [0, 0.1) is 5.41 Å². The Hall–Kier alpha value is -0.820. The number of nitrogens with one attached hydrogen (secondary N) is 1. The maximum absolute atomic E-state index is 4.46.